The Morgan fingerprint density at radius 1 is 1.38 bits per heavy atom. The Hall–Kier alpha value is -0.380. The second kappa shape index (κ2) is 6.38. The highest BCUT2D eigenvalue weighted by Crippen LogP contribution is 2.26. The maximum Gasteiger partial charge on any atom is 0.0431 e. The van der Waals surface area contributed by atoms with Crippen LogP contribution in [0, 0.1) is 13.8 Å². The van der Waals surface area contributed by atoms with Crippen LogP contribution in [0.5, 0.6) is 0 Å². The van der Waals surface area contributed by atoms with E-state index in [4.69, 9.17) is 5.11 Å². The molecule has 0 aliphatic heterocycles. The van der Waals surface area contributed by atoms with Crippen LogP contribution in [0.2, 0.25) is 0 Å². The van der Waals surface area contributed by atoms with Crippen LogP contribution in [0.1, 0.15) is 48.0 Å². The molecule has 0 aromatic carbocycles. The first-order valence-corrected chi connectivity index (χ1v) is 6.80. The van der Waals surface area contributed by atoms with Crippen LogP contribution < -0.4 is 5.32 Å². The van der Waals surface area contributed by atoms with Crippen molar-refractivity contribution >= 4 is 11.3 Å². The van der Waals surface area contributed by atoms with Gasteiger partial charge in [0.2, 0.25) is 0 Å². The van der Waals surface area contributed by atoms with E-state index in [1.807, 2.05) is 11.3 Å². The van der Waals surface area contributed by atoms with Gasteiger partial charge in [0, 0.05) is 28.4 Å². The summed E-state index contributed by atoms with van der Waals surface area (Å²) in [5.74, 6) is 0. The fourth-order valence-corrected chi connectivity index (χ4v) is 3.10. The third-order valence-corrected chi connectivity index (χ3v) is 3.86. The Morgan fingerprint density at radius 3 is 2.56 bits per heavy atom. The van der Waals surface area contributed by atoms with Crippen LogP contribution in [-0.4, -0.2) is 17.8 Å². The van der Waals surface area contributed by atoms with Gasteiger partial charge in [0.15, 0.2) is 0 Å². The van der Waals surface area contributed by atoms with Crippen molar-refractivity contribution in [3.63, 3.8) is 0 Å². The van der Waals surface area contributed by atoms with E-state index in [0.29, 0.717) is 12.1 Å². The maximum absolute atomic E-state index is 8.79. The summed E-state index contributed by atoms with van der Waals surface area (Å²) in [4.78, 5) is 2.79. The third-order valence-electron chi connectivity index (χ3n) is 2.88. The molecule has 92 valence electrons. The van der Waals surface area contributed by atoms with E-state index in [0.717, 1.165) is 12.8 Å². The molecule has 2 atom stereocenters. The molecule has 0 saturated carbocycles. The molecule has 1 rings (SSSR count). The van der Waals surface area contributed by atoms with Crippen molar-refractivity contribution in [2.75, 3.05) is 6.61 Å². The smallest absolute Gasteiger partial charge is 0.0431 e. The largest absolute Gasteiger partial charge is 0.396 e. The molecule has 0 bridgehead atoms. The molecule has 1 heterocycles. The van der Waals surface area contributed by atoms with Gasteiger partial charge < -0.3 is 10.4 Å². The van der Waals surface area contributed by atoms with Crippen LogP contribution in [0.15, 0.2) is 6.07 Å². The summed E-state index contributed by atoms with van der Waals surface area (Å²) in [6.07, 6.45) is 1.91. The zero-order valence-corrected chi connectivity index (χ0v) is 11.5. The van der Waals surface area contributed by atoms with Crippen LogP contribution in [0.4, 0.5) is 0 Å². The summed E-state index contributed by atoms with van der Waals surface area (Å²) in [5, 5.41) is 12.4. The molecule has 0 aliphatic carbocycles. The molecule has 1 aromatic rings. The number of hydrogen-bond acceptors (Lipinski definition) is 3. The topological polar surface area (TPSA) is 32.3 Å². The Morgan fingerprint density at radius 2 is 2.06 bits per heavy atom. The predicted octanol–water partition coefficient (Wildman–Crippen LogP) is 3.18. The molecular formula is C13H23NOS. The molecule has 0 fully saturated rings. The van der Waals surface area contributed by atoms with E-state index in [1.54, 1.807) is 0 Å². The van der Waals surface area contributed by atoms with Crippen molar-refractivity contribution in [3.05, 3.63) is 21.4 Å². The summed E-state index contributed by atoms with van der Waals surface area (Å²) < 4.78 is 0. The quantitative estimate of drug-likeness (QED) is 0.802. The minimum absolute atomic E-state index is 0.289. The molecule has 0 amide bonds. The number of thiophene rings is 1. The van der Waals surface area contributed by atoms with Crippen molar-refractivity contribution in [1.82, 2.24) is 5.32 Å². The normalized spacial score (nSPS) is 15.1. The average molecular weight is 241 g/mol. The van der Waals surface area contributed by atoms with Gasteiger partial charge in [-0.05, 0) is 52.2 Å². The lowest BCUT2D eigenvalue weighted by atomic mass is 10.1. The molecule has 16 heavy (non-hydrogen) atoms. The summed E-state index contributed by atoms with van der Waals surface area (Å²) >= 11 is 1.86. The van der Waals surface area contributed by atoms with E-state index in [-0.39, 0.29) is 6.61 Å². The molecule has 2 nitrogen and oxygen atoms in total. The minimum atomic E-state index is 0.289. The van der Waals surface area contributed by atoms with Gasteiger partial charge in [-0.2, -0.15) is 0 Å². The van der Waals surface area contributed by atoms with Crippen LogP contribution in [0.3, 0.4) is 0 Å². The van der Waals surface area contributed by atoms with Gasteiger partial charge >= 0.3 is 0 Å². The van der Waals surface area contributed by atoms with Gasteiger partial charge in [-0.25, -0.2) is 0 Å². The van der Waals surface area contributed by atoms with Crippen molar-refractivity contribution in [1.29, 1.82) is 0 Å². The number of hydrogen-bond donors (Lipinski definition) is 2. The molecule has 0 saturated heterocycles. The van der Waals surface area contributed by atoms with Gasteiger partial charge in [0.25, 0.3) is 0 Å². The second-order valence-electron chi connectivity index (χ2n) is 4.52. The molecular weight excluding hydrogens is 218 g/mol. The lowest BCUT2D eigenvalue weighted by molar-refractivity contribution is 0.274. The molecule has 0 radical (unpaired) electrons. The summed E-state index contributed by atoms with van der Waals surface area (Å²) in [5.41, 5.74) is 1.42. The zero-order valence-electron chi connectivity index (χ0n) is 10.7. The molecule has 0 aliphatic rings. The van der Waals surface area contributed by atoms with Crippen LogP contribution >= 0.6 is 11.3 Å². The summed E-state index contributed by atoms with van der Waals surface area (Å²) in [7, 11) is 0. The average Bonchev–Trinajstić information content (AvgIpc) is 2.54. The molecule has 0 spiro atoms. The fourth-order valence-electron chi connectivity index (χ4n) is 2.08. The van der Waals surface area contributed by atoms with Gasteiger partial charge in [-0.3, -0.25) is 0 Å². The van der Waals surface area contributed by atoms with Gasteiger partial charge in [0.05, 0.1) is 0 Å². The van der Waals surface area contributed by atoms with Crippen molar-refractivity contribution < 1.29 is 5.11 Å². The van der Waals surface area contributed by atoms with Crippen molar-refractivity contribution in [2.24, 2.45) is 0 Å². The monoisotopic (exact) mass is 241 g/mol. The van der Waals surface area contributed by atoms with E-state index in [9.17, 15) is 0 Å². The minimum Gasteiger partial charge on any atom is -0.396 e. The maximum atomic E-state index is 8.79. The highest BCUT2D eigenvalue weighted by atomic mass is 32.1. The number of nitrogens with one attached hydrogen (secondary N) is 1. The van der Waals surface area contributed by atoms with E-state index in [1.165, 1.54) is 15.3 Å². The van der Waals surface area contributed by atoms with Crippen LogP contribution in [0.25, 0.3) is 0 Å². The lowest BCUT2D eigenvalue weighted by Crippen LogP contribution is -2.29. The first-order valence-electron chi connectivity index (χ1n) is 5.98. The molecule has 1 aromatic heterocycles. The number of aliphatic hydroxyl groups is 1. The van der Waals surface area contributed by atoms with Crippen LogP contribution in [-0.2, 0) is 0 Å². The Kier molecular flexibility index (Phi) is 5.46. The summed E-state index contributed by atoms with van der Waals surface area (Å²) in [6.45, 7) is 9.02. The first-order chi connectivity index (χ1) is 7.54. The fraction of sp³-hybridized carbons (Fsp3) is 0.692. The van der Waals surface area contributed by atoms with Gasteiger partial charge in [-0.15, -0.1) is 11.3 Å². The highest BCUT2D eigenvalue weighted by molar-refractivity contribution is 7.12. The second-order valence-corrected chi connectivity index (χ2v) is 5.98. The standard InChI is InChI=1S/C13H23NOS/c1-9(6-5-7-15)14-11(3)13-8-10(2)16-12(13)4/h8-9,11,14-15H,5-7H2,1-4H3. The summed E-state index contributed by atoms with van der Waals surface area (Å²) in [6, 6.07) is 3.14. The highest BCUT2D eigenvalue weighted by Gasteiger charge is 2.13. The van der Waals surface area contributed by atoms with Crippen molar-refractivity contribution in [2.45, 2.75) is 52.6 Å². The van der Waals surface area contributed by atoms with E-state index in [2.05, 4.69) is 39.1 Å². The number of aryl methyl sites for hydroxylation is 2. The lowest BCUT2D eigenvalue weighted by Gasteiger charge is -2.20. The van der Waals surface area contributed by atoms with Crippen molar-refractivity contribution in [3.8, 4) is 0 Å². The molecule has 3 heteroatoms. The first kappa shape index (κ1) is 13.7. The predicted molar refractivity (Wildman–Crippen MR) is 71.1 cm³/mol. The molecule has 2 N–H and O–H groups in total. The van der Waals surface area contributed by atoms with Gasteiger partial charge in [-0.1, -0.05) is 0 Å². The Labute approximate surface area is 103 Å². The number of aliphatic hydroxyl groups excluding tert-OH is 1. The Bertz CT molecular complexity index is 322. The van der Waals surface area contributed by atoms with E-state index >= 15 is 0 Å². The third kappa shape index (κ3) is 3.89. The Balaban J connectivity index is 2.51. The number of rotatable bonds is 6. The van der Waals surface area contributed by atoms with E-state index < -0.39 is 0 Å². The SMILES string of the molecule is Cc1cc(C(C)NC(C)CCCO)c(C)s1. The van der Waals surface area contributed by atoms with Gasteiger partial charge in [0.1, 0.15) is 0 Å². The molecule has 2 unspecified atom stereocenters. The zero-order chi connectivity index (χ0) is 12.1.